The van der Waals surface area contributed by atoms with E-state index in [1.54, 1.807) is 48.5 Å². The van der Waals surface area contributed by atoms with E-state index >= 15 is 0 Å². The van der Waals surface area contributed by atoms with Gasteiger partial charge in [-0.2, -0.15) is 0 Å². The van der Waals surface area contributed by atoms with E-state index in [-0.39, 0.29) is 11.4 Å². The standard InChI is InChI=1S/C21H28N2O5S/c1-17-7-9-19(10-8-17)29(25,26)23(20-5-3-4-6-21(20)27-2)16-18(24)15-22-11-13-28-14-12-22/h3-10,18,24H,11-16H2,1-2H3/p+1/t18-/m1/s1. The lowest BCUT2D eigenvalue weighted by Crippen LogP contribution is -3.15. The molecule has 1 fully saturated rings. The number of morpholine rings is 1. The highest BCUT2D eigenvalue weighted by atomic mass is 32.2. The Labute approximate surface area is 172 Å². The van der Waals surface area contributed by atoms with Crippen molar-refractivity contribution in [3.05, 3.63) is 54.1 Å². The van der Waals surface area contributed by atoms with E-state index in [1.807, 2.05) is 6.92 Å². The van der Waals surface area contributed by atoms with Gasteiger partial charge in [0.2, 0.25) is 0 Å². The van der Waals surface area contributed by atoms with Gasteiger partial charge in [0, 0.05) is 0 Å². The maximum absolute atomic E-state index is 13.5. The maximum atomic E-state index is 13.5. The third-order valence-corrected chi connectivity index (χ3v) is 6.86. The van der Waals surface area contributed by atoms with Crippen molar-refractivity contribution in [2.75, 3.05) is 50.8 Å². The number of methoxy groups -OCH3 is 1. The summed E-state index contributed by atoms with van der Waals surface area (Å²) in [6, 6.07) is 13.7. The molecule has 0 spiro atoms. The Morgan fingerprint density at radius 1 is 1.14 bits per heavy atom. The van der Waals surface area contributed by atoms with E-state index in [9.17, 15) is 13.5 Å². The Morgan fingerprint density at radius 2 is 1.79 bits per heavy atom. The van der Waals surface area contributed by atoms with Crippen LogP contribution in [0.2, 0.25) is 0 Å². The Morgan fingerprint density at radius 3 is 2.45 bits per heavy atom. The van der Waals surface area contributed by atoms with Crippen LogP contribution in [0.3, 0.4) is 0 Å². The van der Waals surface area contributed by atoms with Crippen LogP contribution in [-0.2, 0) is 14.8 Å². The smallest absolute Gasteiger partial charge is 0.264 e. The Balaban J connectivity index is 1.92. The molecular formula is C21H29N2O5S+. The first-order valence-corrected chi connectivity index (χ1v) is 11.2. The Bertz CT molecular complexity index is 896. The lowest BCUT2D eigenvalue weighted by atomic mass is 10.2. The fourth-order valence-corrected chi connectivity index (χ4v) is 4.97. The Kier molecular flexibility index (Phi) is 7.13. The van der Waals surface area contributed by atoms with Crippen LogP contribution in [0.15, 0.2) is 53.4 Å². The molecule has 0 aromatic heterocycles. The van der Waals surface area contributed by atoms with Gasteiger partial charge in [-0.25, -0.2) is 8.42 Å². The quantitative estimate of drug-likeness (QED) is 0.648. The number of benzene rings is 2. The van der Waals surface area contributed by atoms with E-state index in [0.29, 0.717) is 31.2 Å². The lowest BCUT2D eigenvalue weighted by Gasteiger charge is -2.30. The zero-order valence-electron chi connectivity index (χ0n) is 16.9. The number of rotatable bonds is 8. The topological polar surface area (TPSA) is 80.5 Å². The molecule has 0 unspecified atom stereocenters. The molecule has 7 nitrogen and oxygen atoms in total. The zero-order valence-corrected chi connectivity index (χ0v) is 17.7. The molecule has 2 N–H and O–H groups in total. The zero-order chi connectivity index (χ0) is 20.9. The van der Waals surface area contributed by atoms with Gasteiger partial charge in [0.15, 0.2) is 0 Å². The van der Waals surface area contributed by atoms with Gasteiger partial charge in [0.05, 0.1) is 37.5 Å². The highest BCUT2D eigenvalue weighted by Crippen LogP contribution is 2.32. The minimum Gasteiger partial charge on any atom is -0.495 e. The number of aliphatic hydroxyl groups excluding tert-OH is 1. The molecule has 0 bridgehead atoms. The number of anilines is 1. The average Bonchev–Trinajstić information content (AvgIpc) is 2.73. The summed E-state index contributed by atoms with van der Waals surface area (Å²) in [6.07, 6.45) is -0.826. The van der Waals surface area contributed by atoms with Crippen molar-refractivity contribution in [3.63, 3.8) is 0 Å². The third-order valence-electron chi connectivity index (χ3n) is 5.06. The first kappa shape index (κ1) is 21.6. The summed E-state index contributed by atoms with van der Waals surface area (Å²) in [4.78, 5) is 1.39. The van der Waals surface area contributed by atoms with Crippen molar-refractivity contribution in [1.82, 2.24) is 0 Å². The SMILES string of the molecule is COc1ccccc1N(C[C@H](O)C[NH+]1CCOCC1)S(=O)(=O)c1ccc(C)cc1. The van der Waals surface area contributed by atoms with E-state index < -0.39 is 16.1 Å². The minimum absolute atomic E-state index is 0.0546. The van der Waals surface area contributed by atoms with Crippen molar-refractivity contribution >= 4 is 15.7 Å². The van der Waals surface area contributed by atoms with Crippen LogP contribution in [0, 0.1) is 6.92 Å². The van der Waals surface area contributed by atoms with Gasteiger partial charge in [-0.3, -0.25) is 4.31 Å². The second-order valence-electron chi connectivity index (χ2n) is 7.24. The highest BCUT2D eigenvalue weighted by molar-refractivity contribution is 7.92. The molecule has 8 heteroatoms. The number of hydrogen-bond acceptors (Lipinski definition) is 5. The van der Waals surface area contributed by atoms with Gasteiger partial charge in [-0.1, -0.05) is 29.8 Å². The van der Waals surface area contributed by atoms with Crippen LogP contribution in [0.4, 0.5) is 5.69 Å². The van der Waals surface area contributed by atoms with Gasteiger partial charge in [-0.15, -0.1) is 0 Å². The molecule has 2 aromatic carbocycles. The summed E-state index contributed by atoms with van der Waals surface area (Å²) >= 11 is 0. The monoisotopic (exact) mass is 421 g/mol. The van der Waals surface area contributed by atoms with Gasteiger partial charge in [0.25, 0.3) is 10.0 Å². The maximum Gasteiger partial charge on any atom is 0.264 e. The number of nitrogens with one attached hydrogen (secondary N) is 1. The number of para-hydroxylation sites is 2. The number of nitrogens with zero attached hydrogens (tertiary/aromatic N) is 1. The molecule has 1 saturated heterocycles. The van der Waals surface area contributed by atoms with Crippen LogP contribution in [-0.4, -0.2) is 66.1 Å². The number of quaternary nitrogens is 1. The van der Waals surface area contributed by atoms with Crippen molar-refractivity contribution in [2.24, 2.45) is 0 Å². The van der Waals surface area contributed by atoms with E-state index in [0.717, 1.165) is 18.7 Å². The number of hydrogen-bond donors (Lipinski definition) is 2. The van der Waals surface area contributed by atoms with Crippen molar-refractivity contribution in [3.8, 4) is 5.75 Å². The lowest BCUT2D eigenvalue weighted by molar-refractivity contribution is -0.910. The fraction of sp³-hybridized carbons (Fsp3) is 0.429. The fourth-order valence-electron chi connectivity index (χ4n) is 3.45. The van der Waals surface area contributed by atoms with E-state index in [2.05, 4.69) is 0 Å². The van der Waals surface area contributed by atoms with Gasteiger partial charge >= 0.3 is 0 Å². The minimum atomic E-state index is -3.88. The van der Waals surface area contributed by atoms with E-state index in [4.69, 9.17) is 9.47 Å². The Hall–Kier alpha value is -2.13. The molecule has 1 aliphatic rings. The summed E-state index contributed by atoms with van der Waals surface area (Å²) in [5, 5.41) is 10.7. The summed E-state index contributed by atoms with van der Waals surface area (Å²) in [6.45, 7) is 5.22. The number of sulfonamides is 1. The van der Waals surface area contributed by atoms with Crippen molar-refractivity contribution in [2.45, 2.75) is 17.9 Å². The summed E-state index contributed by atoms with van der Waals surface area (Å²) in [5.41, 5.74) is 1.38. The van der Waals surface area contributed by atoms with Crippen LogP contribution in [0.5, 0.6) is 5.75 Å². The van der Waals surface area contributed by atoms with Crippen LogP contribution < -0.4 is 13.9 Å². The second kappa shape index (κ2) is 9.58. The first-order valence-electron chi connectivity index (χ1n) is 9.73. The first-order chi connectivity index (χ1) is 13.9. The van der Waals surface area contributed by atoms with Gasteiger partial charge in [0.1, 0.15) is 31.5 Å². The molecule has 0 aliphatic carbocycles. The molecule has 0 saturated carbocycles. The highest BCUT2D eigenvalue weighted by Gasteiger charge is 2.30. The number of ether oxygens (including phenoxy) is 2. The van der Waals surface area contributed by atoms with Crippen molar-refractivity contribution in [1.29, 1.82) is 0 Å². The van der Waals surface area contributed by atoms with Crippen LogP contribution in [0.25, 0.3) is 0 Å². The number of aryl methyl sites for hydroxylation is 1. The van der Waals surface area contributed by atoms with Crippen LogP contribution >= 0.6 is 0 Å². The molecule has 29 heavy (non-hydrogen) atoms. The summed E-state index contributed by atoms with van der Waals surface area (Å²) < 4.78 is 39.0. The molecule has 2 aromatic rings. The molecule has 1 heterocycles. The summed E-state index contributed by atoms with van der Waals surface area (Å²) in [5.74, 6) is 0.439. The molecule has 1 atom stereocenters. The van der Waals surface area contributed by atoms with E-state index in [1.165, 1.54) is 16.3 Å². The molecular weight excluding hydrogens is 392 g/mol. The predicted molar refractivity (Wildman–Crippen MR) is 111 cm³/mol. The number of aliphatic hydroxyl groups is 1. The molecule has 0 radical (unpaired) electrons. The van der Waals surface area contributed by atoms with Crippen LogP contribution in [0.1, 0.15) is 5.56 Å². The third kappa shape index (κ3) is 5.27. The normalized spacial score (nSPS) is 16.4. The molecule has 3 rings (SSSR count). The molecule has 0 amide bonds. The molecule has 1 aliphatic heterocycles. The van der Waals surface area contributed by atoms with Gasteiger partial charge in [-0.05, 0) is 31.2 Å². The largest absolute Gasteiger partial charge is 0.495 e. The predicted octanol–water partition coefficient (Wildman–Crippen LogP) is 0.475. The molecule has 158 valence electrons. The average molecular weight is 422 g/mol. The second-order valence-corrected chi connectivity index (χ2v) is 9.10. The summed E-state index contributed by atoms with van der Waals surface area (Å²) in [7, 11) is -2.38. The van der Waals surface area contributed by atoms with Crippen molar-refractivity contribution < 1.29 is 27.9 Å². The van der Waals surface area contributed by atoms with Gasteiger partial charge < -0.3 is 19.5 Å².